The van der Waals surface area contributed by atoms with Crippen LogP contribution in [0.2, 0.25) is 0 Å². The molecule has 0 bridgehead atoms. The van der Waals surface area contributed by atoms with Crippen molar-refractivity contribution in [3.63, 3.8) is 0 Å². The minimum absolute atomic E-state index is 0.0253. The highest BCUT2D eigenvalue weighted by molar-refractivity contribution is 6.64. The van der Waals surface area contributed by atoms with Gasteiger partial charge in [0.2, 0.25) is 5.91 Å². The van der Waals surface area contributed by atoms with Gasteiger partial charge < -0.3 is 18.6 Å². The number of ketones is 1. The van der Waals surface area contributed by atoms with E-state index in [0.29, 0.717) is 52.0 Å². The zero-order valence-corrected chi connectivity index (χ0v) is 20.7. The molecule has 2 aliphatic rings. The maximum Gasteiger partial charge on any atom is 0.497 e. The number of benzene rings is 2. The quantitative estimate of drug-likeness (QED) is 0.371. The van der Waals surface area contributed by atoms with Crippen LogP contribution in [0.25, 0.3) is 22.3 Å². The SMILES string of the molecule is CCC(=O)c1c(-c2ccc(F)cc2)oc2cc(N3CCCC3=O)c(B3OC(C)(C)C(C)(C)O3)cc12. The highest BCUT2D eigenvalue weighted by Gasteiger charge is 2.53. The monoisotopic (exact) mass is 477 g/mol. The zero-order valence-electron chi connectivity index (χ0n) is 20.7. The Kier molecular flexibility index (Phi) is 5.64. The summed E-state index contributed by atoms with van der Waals surface area (Å²) in [5.41, 5.74) is 1.72. The molecule has 2 aliphatic heterocycles. The normalized spacial score (nSPS) is 19.2. The third-order valence-corrected chi connectivity index (χ3v) is 7.42. The first-order valence-corrected chi connectivity index (χ1v) is 12.1. The van der Waals surface area contributed by atoms with Gasteiger partial charge >= 0.3 is 7.12 Å². The summed E-state index contributed by atoms with van der Waals surface area (Å²) in [5, 5.41) is 0.622. The Labute approximate surface area is 204 Å². The van der Waals surface area contributed by atoms with Gasteiger partial charge in [-0.15, -0.1) is 0 Å². The minimum Gasteiger partial charge on any atom is -0.455 e. The van der Waals surface area contributed by atoms with Crippen molar-refractivity contribution in [3.05, 3.63) is 47.8 Å². The first-order chi connectivity index (χ1) is 16.5. The van der Waals surface area contributed by atoms with Crippen molar-refractivity contribution in [3.8, 4) is 11.3 Å². The highest BCUT2D eigenvalue weighted by atomic mass is 19.1. The van der Waals surface area contributed by atoms with E-state index in [4.69, 9.17) is 13.7 Å². The van der Waals surface area contributed by atoms with E-state index in [1.165, 1.54) is 12.1 Å². The number of carbonyl (C=O) groups is 2. The first-order valence-electron chi connectivity index (χ1n) is 12.1. The molecule has 0 spiro atoms. The van der Waals surface area contributed by atoms with Crippen molar-refractivity contribution in [2.75, 3.05) is 11.4 Å². The van der Waals surface area contributed by atoms with Gasteiger partial charge in [0.1, 0.15) is 17.2 Å². The Morgan fingerprint density at radius 3 is 2.31 bits per heavy atom. The number of Topliss-reactive ketones (excluding diaryl/α,β-unsaturated/α-hetero) is 1. The number of furan rings is 1. The van der Waals surface area contributed by atoms with Crippen LogP contribution >= 0.6 is 0 Å². The summed E-state index contributed by atoms with van der Waals surface area (Å²) in [6, 6.07) is 9.54. The Hall–Kier alpha value is -2.97. The maximum absolute atomic E-state index is 13.6. The molecule has 1 amide bonds. The molecule has 6 nitrogen and oxygen atoms in total. The van der Waals surface area contributed by atoms with Crippen LogP contribution in [0.4, 0.5) is 10.1 Å². The smallest absolute Gasteiger partial charge is 0.455 e. The molecule has 2 saturated heterocycles. The van der Waals surface area contributed by atoms with Crippen molar-refractivity contribution >= 4 is 40.9 Å². The fraction of sp³-hybridized carbons (Fsp3) is 0.407. The summed E-state index contributed by atoms with van der Waals surface area (Å²) in [4.78, 5) is 27.6. The second-order valence-electron chi connectivity index (χ2n) is 10.2. The molecule has 0 N–H and O–H groups in total. The molecule has 3 aromatic rings. The molecule has 1 aromatic heterocycles. The molecule has 0 atom stereocenters. The van der Waals surface area contributed by atoms with E-state index in [-0.39, 0.29) is 23.9 Å². The Morgan fingerprint density at radius 1 is 1.09 bits per heavy atom. The van der Waals surface area contributed by atoms with Gasteiger partial charge in [0.25, 0.3) is 0 Å². The van der Waals surface area contributed by atoms with Crippen LogP contribution < -0.4 is 10.4 Å². The molecule has 8 heteroatoms. The molecule has 0 unspecified atom stereocenters. The lowest BCUT2D eigenvalue weighted by molar-refractivity contribution is -0.117. The number of nitrogens with zero attached hydrogens (tertiary/aromatic N) is 1. The minimum atomic E-state index is -0.721. The van der Waals surface area contributed by atoms with E-state index < -0.39 is 18.3 Å². The summed E-state index contributed by atoms with van der Waals surface area (Å²) < 4.78 is 32.5. The predicted molar refractivity (Wildman–Crippen MR) is 134 cm³/mol. The van der Waals surface area contributed by atoms with Crippen LogP contribution in [-0.4, -0.2) is 36.6 Å². The van der Waals surface area contributed by atoms with Crippen molar-refractivity contribution in [1.82, 2.24) is 0 Å². The molecular weight excluding hydrogens is 448 g/mol. The average Bonchev–Trinajstić information content (AvgIpc) is 3.45. The van der Waals surface area contributed by atoms with Gasteiger partial charge in [0, 0.05) is 47.6 Å². The van der Waals surface area contributed by atoms with E-state index >= 15 is 0 Å². The molecule has 0 radical (unpaired) electrons. The van der Waals surface area contributed by atoms with Gasteiger partial charge in [-0.1, -0.05) is 6.92 Å². The topological polar surface area (TPSA) is 69.0 Å². The molecule has 2 aromatic carbocycles. The van der Waals surface area contributed by atoms with Crippen LogP contribution in [0.15, 0.2) is 40.8 Å². The van der Waals surface area contributed by atoms with Gasteiger partial charge in [-0.3, -0.25) is 9.59 Å². The zero-order chi connectivity index (χ0) is 25.1. The number of anilines is 1. The fourth-order valence-electron chi connectivity index (χ4n) is 4.70. The van der Waals surface area contributed by atoms with Crippen LogP contribution in [0, 0.1) is 5.82 Å². The average molecular weight is 477 g/mol. The molecule has 3 heterocycles. The number of amides is 1. The standard InChI is InChI=1S/C27H29BFNO5/c1-6-21(31)24-18-14-19(28-34-26(2,3)27(4,5)35-28)20(30-13-7-8-23(30)32)15-22(18)33-25(24)16-9-11-17(29)12-10-16/h9-12,14-15H,6-8,13H2,1-5H3. The van der Waals surface area contributed by atoms with Crippen LogP contribution in [0.3, 0.4) is 0 Å². The highest BCUT2D eigenvalue weighted by Crippen LogP contribution is 2.40. The Bertz CT molecular complexity index is 1310. The van der Waals surface area contributed by atoms with E-state index in [1.807, 2.05) is 33.8 Å². The summed E-state index contributed by atoms with van der Waals surface area (Å²) in [6.07, 6.45) is 1.51. The number of rotatable bonds is 5. The van der Waals surface area contributed by atoms with E-state index in [0.717, 1.165) is 6.42 Å². The van der Waals surface area contributed by atoms with Crippen molar-refractivity contribution in [2.24, 2.45) is 0 Å². The van der Waals surface area contributed by atoms with Gasteiger partial charge in [-0.2, -0.15) is 0 Å². The first kappa shape index (κ1) is 23.8. The molecule has 2 fully saturated rings. The van der Waals surface area contributed by atoms with E-state index in [1.54, 1.807) is 30.0 Å². The Morgan fingerprint density at radius 2 is 1.74 bits per heavy atom. The van der Waals surface area contributed by atoms with Gasteiger partial charge in [0.15, 0.2) is 5.78 Å². The van der Waals surface area contributed by atoms with Gasteiger partial charge in [0.05, 0.1) is 16.8 Å². The van der Waals surface area contributed by atoms with Crippen molar-refractivity contribution in [1.29, 1.82) is 0 Å². The largest absolute Gasteiger partial charge is 0.497 e. The second-order valence-corrected chi connectivity index (χ2v) is 10.2. The third-order valence-electron chi connectivity index (χ3n) is 7.42. The number of hydrogen-bond acceptors (Lipinski definition) is 5. The third kappa shape index (κ3) is 3.89. The maximum atomic E-state index is 13.6. The van der Waals surface area contributed by atoms with Crippen LogP contribution in [-0.2, 0) is 14.1 Å². The number of carbonyl (C=O) groups excluding carboxylic acids is 2. The predicted octanol–water partition coefficient (Wildman–Crippen LogP) is 5.26. The Balaban J connectivity index is 1.75. The summed E-state index contributed by atoms with van der Waals surface area (Å²) >= 11 is 0. The second kappa shape index (κ2) is 8.31. The summed E-state index contributed by atoms with van der Waals surface area (Å²) in [6.45, 7) is 10.3. The lowest BCUT2D eigenvalue weighted by atomic mass is 9.76. The van der Waals surface area contributed by atoms with Crippen LogP contribution in [0.1, 0.15) is 64.2 Å². The number of fused-ring (bicyclic) bond motifs is 1. The summed E-state index contributed by atoms with van der Waals surface area (Å²) in [5.74, 6) is -0.0482. The molecule has 182 valence electrons. The number of halogens is 1. The van der Waals surface area contributed by atoms with E-state index in [2.05, 4.69) is 0 Å². The summed E-state index contributed by atoms with van der Waals surface area (Å²) in [7, 11) is -0.721. The van der Waals surface area contributed by atoms with Crippen LogP contribution in [0.5, 0.6) is 0 Å². The lowest BCUT2D eigenvalue weighted by Gasteiger charge is -2.32. The fourth-order valence-corrected chi connectivity index (χ4v) is 4.70. The molecule has 5 rings (SSSR count). The number of hydrogen-bond donors (Lipinski definition) is 0. The van der Waals surface area contributed by atoms with Gasteiger partial charge in [-0.25, -0.2) is 4.39 Å². The van der Waals surface area contributed by atoms with Crippen molar-refractivity contribution in [2.45, 2.75) is 65.1 Å². The molecule has 0 saturated carbocycles. The molecular formula is C27H29BFNO5. The van der Waals surface area contributed by atoms with Gasteiger partial charge in [-0.05, 0) is 64.4 Å². The lowest BCUT2D eigenvalue weighted by Crippen LogP contribution is -2.41. The molecule has 0 aliphatic carbocycles. The van der Waals surface area contributed by atoms with E-state index in [9.17, 15) is 14.0 Å². The van der Waals surface area contributed by atoms with Crippen molar-refractivity contribution < 1.29 is 27.7 Å². The molecule has 35 heavy (non-hydrogen) atoms.